The summed E-state index contributed by atoms with van der Waals surface area (Å²) < 4.78 is 6.29. The number of rotatable bonds is 6. The number of hydrogen-bond acceptors (Lipinski definition) is 6. The van der Waals surface area contributed by atoms with Gasteiger partial charge >= 0.3 is 11.9 Å². The third-order valence-corrected chi connectivity index (χ3v) is 3.23. The van der Waals surface area contributed by atoms with E-state index in [0.717, 1.165) is 11.8 Å². The molecule has 1 aromatic heterocycles. The minimum Gasteiger partial charge on any atom is -0.481 e. The number of aromatic nitrogens is 3. The van der Waals surface area contributed by atoms with Gasteiger partial charge < -0.3 is 9.84 Å². The summed E-state index contributed by atoms with van der Waals surface area (Å²) in [4.78, 5) is 22.1. The smallest absolute Gasteiger partial charge is 0.328 e. The molecule has 0 spiro atoms. The van der Waals surface area contributed by atoms with Crippen LogP contribution >= 0.6 is 11.8 Å². The molecule has 18 heavy (non-hydrogen) atoms. The molecule has 1 aromatic rings. The standard InChI is InChI=1S/C10H15N3O4S/c1-4-7-11-12-10(18-5-8(14)15)13(7)6(2)9(16)17-3/h6H,4-5H2,1-3H3,(H,14,15). The summed E-state index contributed by atoms with van der Waals surface area (Å²) in [5, 5.41) is 16.9. The number of esters is 1. The van der Waals surface area contributed by atoms with Crippen LogP contribution in [0.2, 0.25) is 0 Å². The van der Waals surface area contributed by atoms with Gasteiger partial charge in [0, 0.05) is 6.42 Å². The number of ether oxygens (including phenoxy) is 1. The van der Waals surface area contributed by atoms with Gasteiger partial charge in [0.25, 0.3) is 0 Å². The van der Waals surface area contributed by atoms with Gasteiger partial charge in [0.15, 0.2) is 5.16 Å². The highest BCUT2D eigenvalue weighted by molar-refractivity contribution is 7.99. The van der Waals surface area contributed by atoms with Crippen LogP contribution in [0, 0.1) is 0 Å². The largest absolute Gasteiger partial charge is 0.481 e. The fourth-order valence-corrected chi connectivity index (χ4v) is 2.19. The van der Waals surface area contributed by atoms with Crippen LogP contribution in [0.5, 0.6) is 0 Å². The summed E-state index contributed by atoms with van der Waals surface area (Å²) in [5.74, 6) is -0.865. The zero-order chi connectivity index (χ0) is 13.7. The van der Waals surface area contributed by atoms with E-state index in [4.69, 9.17) is 5.11 Å². The Labute approximate surface area is 109 Å². The molecule has 1 unspecified atom stereocenters. The second kappa shape index (κ2) is 6.39. The maximum absolute atomic E-state index is 11.5. The molecule has 0 amide bonds. The molecule has 1 atom stereocenters. The number of methoxy groups -OCH3 is 1. The quantitative estimate of drug-likeness (QED) is 0.603. The van der Waals surface area contributed by atoms with Gasteiger partial charge in [0.05, 0.1) is 12.9 Å². The Balaban J connectivity index is 3.01. The summed E-state index contributed by atoms with van der Waals surface area (Å²) in [6.45, 7) is 3.55. The third-order valence-electron chi connectivity index (χ3n) is 2.31. The van der Waals surface area contributed by atoms with E-state index < -0.39 is 18.0 Å². The van der Waals surface area contributed by atoms with Crippen molar-refractivity contribution in [1.82, 2.24) is 14.8 Å². The van der Waals surface area contributed by atoms with Crippen molar-refractivity contribution < 1.29 is 19.4 Å². The van der Waals surface area contributed by atoms with E-state index in [9.17, 15) is 9.59 Å². The number of nitrogens with zero attached hydrogens (tertiary/aromatic N) is 3. The van der Waals surface area contributed by atoms with Crippen molar-refractivity contribution in [2.75, 3.05) is 12.9 Å². The Morgan fingerprint density at radius 3 is 2.67 bits per heavy atom. The predicted octanol–water partition coefficient (Wildman–Crippen LogP) is 0.751. The van der Waals surface area contributed by atoms with Crippen molar-refractivity contribution >= 4 is 23.7 Å². The van der Waals surface area contributed by atoms with Gasteiger partial charge in [-0.15, -0.1) is 10.2 Å². The van der Waals surface area contributed by atoms with E-state index in [1.165, 1.54) is 7.11 Å². The second-order valence-electron chi connectivity index (χ2n) is 3.50. The highest BCUT2D eigenvalue weighted by Crippen LogP contribution is 2.22. The molecule has 100 valence electrons. The van der Waals surface area contributed by atoms with Crippen molar-refractivity contribution in [1.29, 1.82) is 0 Å². The van der Waals surface area contributed by atoms with Gasteiger partial charge in [-0.1, -0.05) is 18.7 Å². The lowest BCUT2D eigenvalue weighted by Gasteiger charge is -2.14. The van der Waals surface area contributed by atoms with Gasteiger partial charge in [0.2, 0.25) is 0 Å². The third kappa shape index (κ3) is 3.22. The van der Waals surface area contributed by atoms with E-state index in [1.54, 1.807) is 11.5 Å². The molecule has 0 aromatic carbocycles. The number of aliphatic carboxylic acids is 1. The number of carbonyl (C=O) groups is 2. The van der Waals surface area contributed by atoms with Gasteiger partial charge in [0.1, 0.15) is 11.9 Å². The van der Waals surface area contributed by atoms with Gasteiger partial charge in [-0.2, -0.15) is 0 Å². The molecule has 0 saturated heterocycles. The van der Waals surface area contributed by atoms with Crippen LogP contribution in [-0.2, 0) is 20.7 Å². The van der Waals surface area contributed by atoms with Crippen molar-refractivity contribution in [3.63, 3.8) is 0 Å². The highest BCUT2D eigenvalue weighted by atomic mass is 32.2. The normalized spacial score (nSPS) is 12.2. The lowest BCUT2D eigenvalue weighted by molar-refractivity contribution is -0.144. The average molecular weight is 273 g/mol. The summed E-state index contributed by atoms with van der Waals surface area (Å²) in [7, 11) is 1.30. The molecule has 8 heteroatoms. The van der Waals surface area contributed by atoms with Crippen molar-refractivity contribution in [2.24, 2.45) is 0 Å². The van der Waals surface area contributed by atoms with Crippen LogP contribution in [-0.4, -0.2) is 44.7 Å². The molecule has 1 rings (SSSR count). The Kier molecular flexibility index (Phi) is 5.14. The topological polar surface area (TPSA) is 94.3 Å². The van der Waals surface area contributed by atoms with Crippen LogP contribution < -0.4 is 0 Å². The Bertz CT molecular complexity index is 446. The first-order valence-electron chi connectivity index (χ1n) is 5.37. The number of hydrogen-bond donors (Lipinski definition) is 1. The SMILES string of the molecule is CCc1nnc(SCC(=O)O)n1C(C)C(=O)OC. The average Bonchev–Trinajstić information content (AvgIpc) is 2.77. The number of aryl methyl sites for hydroxylation is 1. The van der Waals surface area contributed by atoms with E-state index in [0.29, 0.717) is 17.4 Å². The fraction of sp³-hybridized carbons (Fsp3) is 0.600. The van der Waals surface area contributed by atoms with Crippen molar-refractivity contribution in [3.8, 4) is 0 Å². The van der Waals surface area contributed by atoms with Crippen LogP contribution in [0.15, 0.2) is 5.16 Å². The molecule has 0 saturated carbocycles. The Morgan fingerprint density at radius 1 is 1.50 bits per heavy atom. The molecule has 1 heterocycles. The summed E-state index contributed by atoms with van der Waals surface area (Å²) in [6, 6.07) is -0.573. The minimum absolute atomic E-state index is 0.129. The first kappa shape index (κ1) is 14.5. The molecule has 1 N–H and O–H groups in total. The molecule has 7 nitrogen and oxygen atoms in total. The van der Waals surface area contributed by atoms with E-state index in [1.807, 2.05) is 6.92 Å². The molecule has 0 aliphatic rings. The zero-order valence-corrected chi connectivity index (χ0v) is 11.2. The first-order valence-corrected chi connectivity index (χ1v) is 6.36. The number of thioether (sulfide) groups is 1. The second-order valence-corrected chi connectivity index (χ2v) is 4.45. The number of carboxylic acid groups (broad SMARTS) is 1. The Hall–Kier alpha value is -1.57. The molecule has 0 bridgehead atoms. The van der Waals surface area contributed by atoms with Crippen molar-refractivity contribution in [3.05, 3.63) is 5.82 Å². The van der Waals surface area contributed by atoms with Crippen LogP contribution in [0.4, 0.5) is 0 Å². The van der Waals surface area contributed by atoms with Gasteiger partial charge in [-0.05, 0) is 6.92 Å². The van der Waals surface area contributed by atoms with Crippen LogP contribution in [0.1, 0.15) is 25.7 Å². The minimum atomic E-state index is -0.946. The number of carboxylic acids is 1. The van der Waals surface area contributed by atoms with Crippen molar-refractivity contribution in [2.45, 2.75) is 31.5 Å². The zero-order valence-electron chi connectivity index (χ0n) is 10.4. The lowest BCUT2D eigenvalue weighted by Crippen LogP contribution is -2.20. The maximum atomic E-state index is 11.5. The summed E-state index contributed by atoms with van der Waals surface area (Å²) >= 11 is 1.03. The van der Waals surface area contributed by atoms with E-state index in [2.05, 4.69) is 14.9 Å². The van der Waals surface area contributed by atoms with Crippen LogP contribution in [0.3, 0.4) is 0 Å². The lowest BCUT2D eigenvalue weighted by atomic mass is 10.3. The molecular weight excluding hydrogens is 258 g/mol. The molecule has 0 aliphatic carbocycles. The molecule has 0 aliphatic heterocycles. The summed E-state index contributed by atoms with van der Waals surface area (Å²) in [5.41, 5.74) is 0. The predicted molar refractivity (Wildman–Crippen MR) is 64.5 cm³/mol. The van der Waals surface area contributed by atoms with Gasteiger partial charge in [-0.25, -0.2) is 4.79 Å². The highest BCUT2D eigenvalue weighted by Gasteiger charge is 2.23. The van der Waals surface area contributed by atoms with Crippen LogP contribution in [0.25, 0.3) is 0 Å². The van der Waals surface area contributed by atoms with E-state index >= 15 is 0 Å². The monoisotopic (exact) mass is 273 g/mol. The fourth-order valence-electron chi connectivity index (χ4n) is 1.44. The molecular formula is C10H15N3O4S. The number of carbonyl (C=O) groups excluding carboxylic acids is 1. The van der Waals surface area contributed by atoms with Gasteiger partial charge in [-0.3, -0.25) is 9.36 Å². The maximum Gasteiger partial charge on any atom is 0.328 e. The molecule has 0 fully saturated rings. The summed E-state index contributed by atoms with van der Waals surface area (Å²) in [6.07, 6.45) is 0.599. The first-order chi connectivity index (χ1) is 8.51. The van der Waals surface area contributed by atoms with E-state index in [-0.39, 0.29) is 5.75 Å². The molecule has 0 radical (unpaired) electrons. The Morgan fingerprint density at radius 2 is 2.17 bits per heavy atom.